The van der Waals surface area contributed by atoms with E-state index in [1.165, 1.54) is 6.07 Å². The maximum absolute atomic E-state index is 11.4. The molecule has 0 radical (unpaired) electrons. The first-order chi connectivity index (χ1) is 9.01. The van der Waals surface area contributed by atoms with Crippen molar-refractivity contribution in [2.24, 2.45) is 0 Å². The maximum atomic E-state index is 11.4. The molecule has 3 nitrogen and oxygen atoms in total. The molecule has 2 aliphatic rings. The molecule has 0 aromatic rings. The summed E-state index contributed by atoms with van der Waals surface area (Å²) >= 11 is 0. The van der Waals surface area contributed by atoms with E-state index >= 15 is 0 Å². The minimum atomic E-state index is -4.46. The van der Waals surface area contributed by atoms with Gasteiger partial charge in [0.1, 0.15) is 10.1 Å². The molecule has 0 fully saturated rings. The van der Waals surface area contributed by atoms with Gasteiger partial charge in [0.2, 0.25) is 0 Å². The molecule has 0 unspecified atom stereocenters. The maximum Gasteiger partial charge on any atom is 1.00 e. The van der Waals surface area contributed by atoms with Crippen molar-refractivity contribution in [3.63, 3.8) is 0 Å². The molecule has 0 heterocycles. The van der Waals surface area contributed by atoms with Crippen molar-refractivity contribution in [3.05, 3.63) is 41.0 Å². The predicted octanol–water partition coefficient (Wildman–Crippen LogP) is 0.614. The molecule has 0 saturated carbocycles. The molecule has 2 rings (SSSR count). The molecular weight excluding hydrogens is 295 g/mol. The molecule has 0 amide bonds. The first kappa shape index (κ1) is 18.7. The van der Waals surface area contributed by atoms with Crippen LogP contribution in [0.2, 0.25) is 0 Å². The predicted molar refractivity (Wildman–Crippen MR) is 79.2 cm³/mol. The zero-order valence-corrected chi connectivity index (χ0v) is 16.3. The van der Waals surface area contributed by atoms with Crippen molar-refractivity contribution in [3.8, 4) is 11.1 Å². The van der Waals surface area contributed by atoms with Crippen LogP contribution in [0.15, 0.2) is 29.2 Å². The summed E-state index contributed by atoms with van der Waals surface area (Å²) in [6.45, 7) is 9.98. The Morgan fingerprint density at radius 3 is 2.05 bits per heavy atom. The van der Waals surface area contributed by atoms with Crippen LogP contribution in [0.3, 0.4) is 0 Å². The Morgan fingerprint density at radius 1 is 1.00 bits per heavy atom. The van der Waals surface area contributed by atoms with Crippen molar-refractivity contribution in [2.75, 3.05) is 0 Å². The Balaban J connectivity index is 0.00000220. The van der Waals surface area contributed by atoms with Crippen molar-refractivity contribution in [1.29, 1.82) is 0 Å². The first-order valence-corrected chi connectivity index (χ1v) is 7.93. The van der Waals surface area contributed by atoms with Crippen LogP contribution in [0.1, 0.15) is 37.5 Å². The molecule has 0 saturated heterocycles. The quantitative estimate of drug-likeness (QED) is 0.572. The van der Waals surface area contributed by atoms with Crippen LogP contribution >= 0.6 is 0 Å². The molecule has 0 aromatic heterocycles. The van der Waals surface area contributed by atoms with Gasteiger partial charge in [-0.15, -0.1) is 0 Å². The van der Waals surface area contributed by atoms with Crippen LogP contribution in [0.5, 0.6) is 0 Å². The summed E-state index contributed by atoms with van der Waals surface area (Å²) in [5, 5.41) is 0. The summed E-state index contributed by atoms with van der Waals surface area (Å²) in [5.74, 6) is 0. The van der Waals surface area contributed by atoms with Gasteiger partial charge in [0.25, 0.3) is 0 Å². The average Bonchev–Trinajstić information content (AvgIpc) is 2.48. The second kappa shape index (κ2) is 6.01. The number of hydrogen-bond donors (Lipinski definition) is 0. The van der Waals surface area contributed by atoms with Crippen molar-refractivity contribution >= 4 is 10.1 Å². The summed E-state index contributed by atoms with van der Waals surface area (Å²) < 4.78 is 34.3. The fraction of sp³-hybridized carbons (Fsp3) is 0.375. The molecule has 0 aliphatic heterocycles. The molecule has 0 spiro atoms. The van der Waals surface area contributed by atoms with E-state index in [4.69, 9.17) is 0 Å². The third-order valence-electron chi connectivity index (χ3n) is 3.63. The van der Waals surface area contributed by atoms with Gasteiger partial charge >= 0.3 is 29.6 Å². The van der Waals surface area contributed by atoms with Crippen molar-refractivity contribution in [2.45, 2.75) is 44.9 Å². The van der Waals surface area contributed by atoms with Crippen LogP contribution in [0.25, 0.3) is 11.1 Å². The zero-order valence-electron chi connectivity index (χ0n) is 13.4. The fourth-order valence-corrected chi connectivity index (χ4v) is 3.28. The Labute approximate surface area is 149 Å². The monoisotopic (exact) mass is 314 g/mol. The summed E-state index contributed by atoms with van der Waals surface area (Å²) in [6, 6.07) is 7.35. The van der Waals surface area contributed by atoms with Gasteiger partial charge in [-0.1, -0.05) is 39.0 Å². The Hall–Kier alpha value is -0.390. The standard InChI is InChI=1S/C16H20O3S.Na/c1-10-6-7-12(16(3,4)5)9-13-11(2)8-14(15(10)13)20(17,18)19;/h6-9H,1-5H3,(H,17,18,19);/q;+1/p-1. The minimum Gasteiger partial charge on any atom is -0.744 e. The normalized spacial score (nSPS) is 12.3. The third-order valence-corrected chi connectivity index (χ3v) is 4.49. The molecule has 5 heteroatoms. The van der Waals surface area contributed by atoms with E-state index in [1.54, 1.807) is 0 Å². The minimum absolute atomic E-state index is 0. The molecule has 0 aromatic carbocycles. The van der Waals surface area contributed by atoms with E-state index in [0.29, 0.717) is 5.56 Å². The molecule has 2 aliphatic carbocycles. The van der Waals surface area contributed by atoms with Crippen LogP contribution in [0.4, 0.5) is 0 Å². The van der Waals surface area contributed by atoms with Gasteiger partial charge in [-0.25, -0.2) is 8.42 Å². The van der Waals surface area contributed by atoms with E-state index < -0.39 is 10.1 Å². The summed E-state index contributed by atoms with van der Waals surface area (Å²) in [5.41, 5.74) is 4.08. The van der Waals surface area contributed by atoms with Gasteiger partial charge in [0, 0.05) is 5.56 Å². The molecular formula is C16H19NaO3S. The van der Waals surface area contributed by atoms with Crippen LogP contribution in [-0.4, -0.2) is 13.0 Å². The zero-order chi connectivity index (χ0) is 15.3. The second-order valence-corrected chi connectivity index (χ2v) is 7.65. The number of rotatable bonds is 1. The van der Waals surface area contributed by atoms with E-state index in [0.717, 1.165) is 22.3 Å². The number of aryl methyl sites for hydroxylation is 2. The van der Waals surface area contributed by atoms with Crippen LogP contribution in [0, 0.1) is 13.8 Å². The molecule has 0 bridgehead atoms. The van der Waals surface area contributed by atoms with Crippen molar-refractivity contribution in [1.82, 2.24) is 0 Å². The van der Waals surface area contributed by atoms with E-state index in [9.17, 15) is 13.0 Å². The van der Waals surface area contributed by atoms with Gasteiger partial charge in [0.15, 0.2) is 0 Å². The summed E-state index contributed by atoms with van der Waals surface area (Å²) in [6.07, 6.45) is 0. The molecule has 0 atom stereocenters. The van der Waals surface area contributed by atoms with Gasteiger partial charge in [-0.2, -0.15) is 0 Å². The second-order valence-electron chi connectivity index (χ2n) is 6.30. The van der Waals surface area contributed by atoms with Gasteiger partial charge in [-0.05, 0) is 47.6 Å². The first-order valence-electron chi connectivity index (χ1n) is 6.52. The largest absolute Gasteiger partial charge is 1.00 e. The van der Waals surface area contributed by atoms with Crippen LogP contribution in [-0.2, 0) is 15.5 Å². The Kier molecular flexibility index (Phi) is 5.34. The van der Waals surface area contributed by atoms with Gasteiger partial charge in [0.05, 0.1) is 4.90 Å². The summed E-state index contributed by atoms with van der Waals surface area (Å²) in [7, 11) is -4.46. The van der Waals surface area contributed by atoms with E-state index in [1.807, 2.05) is 32.0 Å². The molecule has 0 N–H and O–H groups in total. The fourth-order valence-electron chi connectivity index (χ4n) is 2.43. The SMILES string of the molecule is Cc1cc(S(=O)(=O)[O-])c2c(C)ccc(C(C)(C)C)cc1-2.[Na+]. The Bertz CT molecular complexity index is 743. The molecule has 108 valence electrons. The van der Waals surface area contributed by atoms with E-state index in [2.05, 4.69) is 20.8 Å². The topological polar surface area (TPSA) is 57.2 Å². The van der Waals surface area contributed by atoms with E-state index in [-0.39, 0.29) is 39.9 Å². The van der Waals surface area contributed by atoms with Gasteiger partial charge < -0.3 is 4.55 Å². The average molecular weight is 314 g/mol. The number of hydrogen-bond acceptors (Lipinski definition) is 3. The molecule has 21 heavy (non-hydrogen) atoms. The third kappa shape index (κ3) is 3.69. The van der Waals surface area contributed by atoms with Gasteiger partial charge in [-0.3, -0.25) is 0 Å². The smallest absolute Gasteiger partial charge is 0.744 e. The number of fused-ring (bicyclic) bond motifs is 1. The Morgan fingerprint density at radius 2 is 1.57 bits per heavy atom. The van der Waals surface area contributed by atoms with Crippen LogP contribution < -0.4 is 29.6 Å². The summed E-state index contributed by atoms with van der Waals surface area (Å²) in [4.78, 5) is -0.112. The van der Waals surface area contributed by atoms with Crippen molar-refractivity contribution < 1.29 is 42.5 Å².